The first-order valence-electron chi connectivity index (χ1n) is 10.2. The van der Waals surface area contributed by atoms with Crippen LogP contribution in [0.1, 0.15) is 29.5 Å². The molecule has 1 aliphatic rings. The van der Waals surface area contributed by atoms with Crippen LogP contribution in [0.4, 0.5) is 8.78 Å². The molecule has 0 unspecified atom stereocenters. The van der Waals surface area contributed by atoms with E-state index in [4.69, 9.17) is 4.74 Å². The van der Waals surface area contributed by atoms with Crippen molar-refractivity contribution in [2.45, 2.75) is 25.0 Å². The standard InChI is InChI=1S/C26H21F2NO3/c27-20-7-3-17(4-8-20)26(18-5-9-21(28)10-6-18)24(19-2-1-13-29-16-19)12-11-23-14-22(30)15-25(31)32-23/h1-13,16,22-23,30H,14-15H2/b12-11+/t22-,23-/m1/s1. The number of hydrogen-bond acceptors (Lipinski definition) is 4. The number of cyclic esters (lactones) is 1. The van der Waals surface area contributed by atoms with E-state index in [1.165, 1.54) is 24.3 Å². The lowest BCUT2D eigenvalue weighted by molar-refractivity contribution is -0.156. The predicted molar refractivity (Wildman–Crippen MR) is 117 cm³/mol. The summed E-state index contributed by atoms with van der Waals surface area (Å²) in [5.74, 6) is -1.19. The maximum absolute atomic E-state index is 13.6. The molecule has 2 heterocycles. The van der Waals surface area contributed by atoms with E-state index in [1.54, 1.807) is 54.9 Å². The van der Waals surface area contributed by atoms with Crippen LogP contribution in [0, 0.1) is 11.6 Å². The number of rotatable bonds is 5. The lowest BCUT2D eigenvalue weighted by Crippen LogP contribution is -2.31. The number of aliphatic hydroxyl groups is 1. The Labute approximate surface area is 184 Å². The fourth-order valence-corrected chi connectivity index (χ4v) is 3.69. The van der Waals surface area contributed by atoms with E-state index < -0.39 is 18.2 Å². The molecule has 1 aliphatic heterocycles. The van der Waals surface area contributed by atoms with Crippen molar-refractivity contribution in [1.29, 1.82) is 0 Å². The van der Waals surface area contributed by atoms with Crippen molar-refractivity contribution in [2.75, 3.05) is 0 Å². The van der Waals surface area contributed by atoms with Gasteiger partial charge in [-0.25, -0.2) is 8.78 Å². The summed E-state index contributed by atoms with van der Waals surface area (Å²) < 4.78 is 32.6. The van der Waals surface area contributed by atoms with Crippen molar-refractivity contribution in [3.8, 4) is 0 Å². The Morgan fingerprint density at radius 2 is 1.59 bits per heavy atom. The summed E-state index contributed by atoms with van der Waals surface area (Å²) >= 11 is 0. The van der Waals surface area contributed by atoms with Crippen LogP contribution in [-0.2, 0) is 9.53 Å². The Morgan fingerprint density at radius 3 is 2.12 bits per heavy atom. The van der Waals surface area contributed by atoms with Gasteiger partial charge in [0.1, 0.15) is 17.7 Å². The Morgan fingerprint density at radius 1 is 0.969 bits per heavy atom. The Bertz CT molecular complexity index is 1090. The van der Waals surface area contributed by atoms with Gasteiger partial charge in [0, 0.05) is 24.4 Å². The summed E-state index contributed by atoms with van der Waals surface area (Å²) in [6, 6.07) is 15.7. The van der Waals surface area contributed by atoms with Crippen LogP contribution >= 0.6 is 0 Å². The maximum atomic E-state index is 13.6. The number of benzene rings is 2. The van der Waals surface area contributed by atoms with Gasteiger partial charge in [-0.3, -0.25) is 9.78 Å². The molecule has 0 bridgehead atoms. The summed E-state index contributed by atoms with van der Waals surface area (Å²) in [5, 5.41) is 9.92. The lowest BCUT2D eigenvalue weighted by Gasteiger charge is -2.23. The second kappa shape index (κ2) is 9.66. The second-order valence-electron chi connectivity index (χ2n) is 7.53. The quantitative estimate of drug-likeness (QED) is 0.457. The van der Waals surface area contributed by atoms with Crippen LogP contribution in [-0.4, -0.2) is 28.3 Å². The Kier molecular flexibility index (Phi) is 6.52. The van der Waals surface area contributed by atoms with E-state index >= 15 is 0 Å². The van der Waals surface area contributed by atoms with Gasteiger partial charge in [0.15, 0.2) is 0 Å². The van der Waals surface area contributed by atoms with E-state index in [0.717, 1.165) is 27.8 Å². The summed E-state index contributed by atoms with van der Waals surface area (Å²) in [6.45, 7) is 0. The molecular weight excluding hydrogens is 412 g/mol. The zero-order chi connectivity index (χ0) is 22.5. The molecule has 1 N–H and O–H groups in total. The third kappa shape index (κ3) is 5.15. The normalized spacial score (nSPS) is 18.4. The van der Waals surface area contributed by atoms with Crippen molar-refractivity contribution < 1.29 is 23.4 Å². The number of pyridine rings is 1. The molecule has 162 valence electrons. The molecule has 0 spiro atoms. The Hall–Kier alpha value is -3.64. The number of esters is 1. The summed E-state index contributed by atoms with van der Waals surface area (Å²) in [5.41, 5.74) is 3.68. The molecule has 0 saturated carbocycles. The van der Waals surface area contributed by atoms with E-state index in [1.807, 2.05) is 6.07 Å². The van der Waals surface area contributed by atoms with E-state index in [-0.39, 0.29) is 18.1 Å². The van der Waals surface area contributed by atoms with Crippen LogP contribution in [0.2, 0.25) is 0 Å². The average molecular weight is 433 g/mol. The zero-order valence-electron chi connectivity index (χ0n) is 17.1. The van der Waals surface area contributed by atoms with Gasteiger partial charge in [0.2, 0.25) is 0 Å². The van der Waals surface area contributed by atoms with E-state index in [2.05, 4.69) is 4.98 Å². The van der Waals surface area contributed by atoms with Gasteiger partial charge in [-0.2, -0.15) is 0 Å². The topological polar surface area (TPSA) is 59.4 Å². The van der Waals surface area contributed by atoms with Crippen LogP contribution in [0.3, 0.4) is 0 Å². The lowest BCUT2D eigenvalue weighted by atomic mass is 9.89. The molecule has 0 aliphatic carbocycles. The van der Waals surface area contributed by atoms with Crippen LogP contribution < -0.4 is 0 Å². The molecular formula is C26H21F2NO3. The van der Waals surface area contributed by atoms with Gasteiger partial charge in [0.05, 0.1) is 12.5 Å². The highest BCUT2D eigenvalue weighted by molar-refractivity contribution is 6.02. The molecule has 2 atom stereocenters. The van der Waals surface area contributed by atoms with Gasteiger partial charge < -0.3 is 9.84 Å². The highest BCUT2D eigenvalue weighted by atomic mass is 19.1. The zero-order valence-corrected chi connectivity index (χ0v) is 17.1. The number of allylic oxidation sites excluding steroid dienone is 2. The number of aliphatic hydroxyl groups excluding tert-OH is 1. The average Bonchev–Trinajstić information content (AvgIpc) is 2.78. The molecule has 0 radical (unpaired) electrons. The molecule has 3 aromatic rings. The molecule has 2 aromatic carbocycles. The second-order valence-corrected chi connectivity index (χ2v) is 7.53. The van der Waals surface area contributed by atoms with Crippen molar-refractivity contribution >= 4 is 17.1 Å². The minimum Gasteiger partial charge on any atom is -0.458 e. The van der Waals surface area contributed by atoms with Crippen molar-refractivity contribution in [1.82, 2.24) is 4.98 Å². The van der Waals surface area contributed by atoms with E-state index in [0.29, 0.717) is 6.42 Å². The highest BCUT2D eigenvalue weighted by Gasteiger charge is 2.25. The first kappa shape index (κ1) is 21.6. The Balaban J connectivity index is 1.89. The van der Waals surface area contributed by atoms with Gasteiger partial charge in [-0.05, 0) is 58.7 Å². The van der Waals surface area contributed by atoms with E-state index in [9.17, 15) is 18.7 Å². The molecule has 4 nitrogen and oxygen atoms in total. The first-order valence-corrected chi connectivity index (χ1v) is 10.2. The smallest absolute Gasteiger partial charge is 0.309 e. The fourth-order valence-electron chi connectivity index (χ4n) is 3.69. The molecule has 1 aromatic heterocycles. The third-order valence-electron chi connectivity index (χ3n) is 5.17. The maximum Gasteiger partial charge on any atom is 0.309 e. The number of aromatic nitrogens is 1. The number of carbonyl (C=O) groups is 1. The molecule has 32 heavy (non-hydrogen) atoms. The van der Waals surface area contributed by atoms with Crippen LogP contribution in [0.5, 0.6) is 0 Å². The highest BCUT2D eigenvalue weighted by Crippen LogP contribution is 2.34. The number of hydrogen-bond donors (Lipinski definition) is 1. The first-order chi connectivity index (χ1) is 15.5. The third-order valence-corrected chi connectivity index (χ3v) is 5.17. The number of carbonyl (C=O) groups excluding carboxylic acids is 1. The summed E-state index contributed by atoms with van der Waals surface area (Å²) in [4.78, 5) is 15.9. The largest absolute Gasteiger partial charge is 0.458 e. The summed E-state index contributed by atoms with van der Waals surface area (Å²) in [7, 11) is 0. The van der Waals surface area contributed by atoms with Crippen LogP contribution in [0.15, 0.2) is 85.2 Å². The fraction of sp³-hybridized carbons (Fsp3) is 0.154. The SMILES string of the molecule is O=C1C[C@H](O)C[C@@H](/C=C/C(=C(c2ccc(F)cc2)c2ccc(F)cc2)c2cccnc2)O1. The molecule has 6 heteroatoms. The number of halogens is 2. The molecule has 1 fully saturated rings. The number of nitrogens with zero attached hydrogens (tertiary/aromatic N) is 1. The molecule has 0 amide bonds. The van der Waals surface area contributed by atoms with Gasteiger partial charge >= 0.3 is 5.97 Å². The monoisotopic (exact) mass is 433 g/mol. The minimum absolute atomic E-state index is 0.0218. The predicted octanol–water partition coefficient (Wildman–Crippen LogP) is 4.94. The van der Waals surface area contributed by atoms with Crippen molar-refractivity contribution in [3.63, 3.8) is 0 Å². The van der Waals surface area contributed by atoms with Crippen molar-refractivity contribution in [3.05, 3.63) is 114 Å². The number of ether oxygens (including phenoxy) is 1. The molecule has 1 saturated heterocycles. The summed E-state index contributed by atoms with van der Waals surface area (Å²) in [6.07, 6.45) is 5.79. The molecule has 4 rings (SSSR count). The van der Waals surface area contributed by atoms with Gasteiger partial charge in [0.25, 0.3) is 0 Å². The minimum atomic E-state index is -0.759. The van der Waals surface area contributed by atoms with Crippen molar-refractivity contribution in [2.24, 2.45) is 0 Å². The van der Waals surface area contributed by atoms with Gasteiger partial charge in [-0.1, -0.05) is 36.4 Å². The van der Waals surface area contributed by atoms with Gasteiger partial charge in [-0.15, -0.1) is 0 Å². The van der Waals surface area contributed by atoms with Crippen LogP contribution in [0.25, 0.3) is 11.1 Å².